The van der Waals surface area contributed by atoms with Crippen molar-refractivity contribution < 1.29 is 4.21 Å². The summed E-state index contributed by atoms with van der Waals surface area (Å²) in [7, 11) is -1.21. The van der Waals surface area contributed by atoms with Crippen LogP contribution in [0.3, 0.4) is 0 Å². The van der Waals surface area contributed by atoms with Crippen LogP contribution < -0.4 is 4.87 Å². The van der Waals surface area contributed by atoms with Gasteiger partial charge in [-0.15, -0.1) is 0 Å². The highest BCUT2D eigenvalue weighted by Crippen LogP contribution is 2.29. The zero-order valence-electron chi connectivity index (χ0n) is 11.6. The van der Waals surface area contributed by atoms with Gasteiger partial charge in [0, 0.05) is 10.8 Å². The van der Waals surface area contributed by atoms with Crippen LogP contribution in [0, 0.1) is 0 Å². The van der Waals surface area contributed by atoms with Gasteiger partial charge in [-0.2, -0.15) is 5.10 Å². The van der Waals surface area contributed by atoms with Crippen LogP contribution in [0.25, 0.3) is 0 Å². The van der Waals surface area contributed by atoms with Gasteiger partial charge in [-0.05, 0) is 11.1 Å². The van der Waals surface area contributed by atoms with Gasteiger partial charge in [-0.1, -0.05) is 72.0 Å². The minimum atomic E-state index is -1.21. The van der Waals surface area contributed by atoms with Gasteiger partial charge in [0.1, 0.15) is 5.01 Å². The SMILES string of the molecule is O=c1[nH]nc(CS(=O)C(c2ccccc2)c2ccccc2)s1. The highest BCUT2D eigenvalue weighted by atomic mass is 32.2. The first-order valence-corrected chi connectivity index (χ1v) is 8.95. The van der Waals surface area contributed by atoms with E-state index in [1.54, 1.807) is 0 Å². The van der Waals surface area contributed by atoms with Crippen molar-refractivity contribution in [2.24, 2.45) is 0 Å². The molecule has 0 saturated carbocycles. The van der Waals surface area contributed by atoms with Crippen LogP contribution in [0.15, 0.2) is 65.5 Å². The zero-order valence-corrected chi connectivity index (χ0v) is 13.3. The van der Waals surface area contributed by atoms with Crippen molar-refractivity contribution in [1.29, 1.82) is 0 Å². The summed E-state index contributed by atoms with van der Waals surface area (Å²) < 4.78 is 12.9. The number of nitrogens with one attached hydrogen (secondary N) is 1. The molecule has 0 saturated heterocycles. The van der Waals surface area contributed by atoms with Crippen molar-refractivity contribution in [3.05, 3.63) is 86.5 Å². The smallest absolute Gasteiger partial charge is 0.258 e. The van der Waals surface area contributed by atoms with Crippen molar-refractivity contribution in [3.63, 3.8) is 0 Å². The fourth-order valence-electron chi connectivity index (χ4n) is 2.28. The molecule has 1 unspecified atom stereocenters. The molecule has 0 aliphatic rings. The largest absolute Gasteiger partial charge is 0.322 e. The molecule has 3 aromatic rings. The summed E-state index contributed by atoms with van der Waals surface area (Å²) in [6, 6.07) is 19.5. The van der Waals surface area contributed by atoms with Gasteiger partial charge in [-0.3, -0.25) is 9.00 Å². The minimum Gasteiger partial charge on any atom is -0.258 e. The quantitative estimate of drug-likeness (QED) is 0.782. The zero-order chi connectivity index (χ0) is 15.4. The molecule has 1 atom stereocenters. The lowest BCUT2D eigenvalue weighted by molar-refractivity contribution is 0.677. The molecule has 0 fully saturated rings. The lowest BCUT2D eigenvalue weighted by Crippen LogP contribution is -2.10. The van der Waals surface area contributed by atoms with Gasteiger partial charge in [0.15, 0.2) is 0 Å². The van der Waals surface area contributed by atoms with Crippen molar-refractivity contribution in [3.8, 4) is 0 Å². The number of aromatic nitrogens is 2. The lowest BCUT2D eigenvalue weighted by Gasteiger charge is -2.17. The van der Waals surface area contributed by atoms with E-state index in [1.165, 1.54) is 0 Å². The molecule has 112 valence electrons. The topological polar surface area (TPSA) is 62.8 Å². The maximum Gasteiger partial charge on any atom is 0.322 e. The Morgan fingerprint density at radius 3 is 2.00 bits per heavy atom. The average Bonchev–Trinajstić information content (AvgIpc) is 2.95. The second-order valence-electron chi connectivity index (χ2n) is 4.73. The first-order chi connectivity index (χ1) is 10.7. The van der Waals surface area contributed by atoms with Crippen molar-refractivity contribution in [1.82, 2.24) is 10.2 Å². The molecule has 0 radical (unpaired) electrons. The van der Waals surface area contributed by atoms with Crippen LogP contribution in [0.4, 0.5) is 0 Å². The van der Waals surface area contributed by atoms with Gasteiger partial charge in [0.05, 0.1) is 11.0 Å². The van der Waals surface area contributed by atoms with E-state index in [0.29, 0.717) is 5.01 Å². The number of rotatable bonds is 5. The molecule has 0 aliphatic carbocycles. The van der Waals surface area contributed by atoms with Crippen LogP contribution in [-0.4, -0.2) is 14.4 Å². The molecule has 1 aromatic heterocycles. The van der Waals surface area contributed by atoms with Gasteiger partial charge < -0.3 is 0 Å². The number of H-pyrrole nitrogens is 1. The highest BCUT2D eigenvalue weighted by Gasteiger charge is 2.22. The predicted molar refractivity (Wildman–Crippen MR) is 89.3 cm³/mol. The monoisotopic (exact) mass is 330 g/mol. The van der Waals surface area contributed by atoms with E-state index in [-0.39, 0.29) is 15.9 Å². The summed E-state index contributed by atoms with van der Waals surface area (Å²) in [6.45, 7) is 0. The second kappa shape index (κ2) is 6.81. The molecular weight excluding hydrogens is 316 g/mol. The van der Waals surface area contributed by atoms with Crippen LogP contribution in [0.5, 0.6) is 0 Å². The fourth-order valence-corrected chi connectivity index (χ4v) is 4.66. The molecule has 1 N–H and O–H groups in total. The third-order valence-electron chi connectivity index (χ3n) is 3.22. The molecule has 0 amide bonds. The van der Waals surface area contributed by atoms with Crippen LogP contribution >= 0.6 is 11.3 Å². The Bertz CT molecular complexity index is 773. The van der Waals surface area contributed by atoms with Crippen LogP contribution in [-0.2, 0) is 16.6 Å². The van der Waals surface area contributed by atoms with E-state index < -0.39 is 10.8 Å². The molecule has 2 aromatic carbocycles. The molecule has 4 nitrogen and oxygen atoms in total. The Hall–Kier alpha value is -2.05. The summed E-state index contributed by atoms with van der Waals surface area (Å²) >= 11 is 1.01. The first kappa shape index (κ1) is 14.9. The molecular formula is C16H14N2O2S2. The van der Waals surface area contributed by atoms with E-state index in [0.717, 1.165) is 22.5 Å². The summed E-state index contributed by atoms with van der Waals surface area (Å²) in [4.78, 5) is 11.0. The Morgan fingerprint density at radius 1 is 1.00 bits per heavy atom. The Kier molecular flexibility index (Phi) is 4.60. The van der Waals surface area contributed by atoms with E-state index >= 15 is 0 Å². The summed E-state index contributed by atoms with van der Waals surface area (Å²) in [5.41, 5.74) is 1.99. The first-order valence-electron chi connectivity index (χ1n) is 6.75. The molecule has 3 rings (SSSR count). The Balaban J connectivity index is 1.95. The predicted octanol–water partition coefficient (Wildman–Crippen LogP) is 2.87. The number of nitrogens with zero attached hydrogens (tertiary/aromatic N) is 1. The van der Waals surface area contributed by atoms with Crippen molar-refractivity contribution in [2.75, 3.05) is 0 Å². The molecule has 22 heavy (non-hydrogen) atoms. The average molecular weight is 330 g/mol. The summed E-state index contributed by atoms with van der Waals surface area (Å²) in [6.07, 6.45) is 0. The summed E-state index contributed by atoms with van der Waals surface area (Å²) in [5.74, 6) is 0.262. The normalized spacial score (nSPS) is 12.4. The molecule has 0 aliphatic heterocycles. The Labute approximate surface area is 134 Å². The number of hydrogen-bond acceptors (Lipinski definition) is 4. The van der Waals surface area contributed by atoms with Gasteiger partial charge >= 0.3 is 4.87 Å². The Morgan fingerprint density at radius 2 is 1.55 bits per heavy atom. The number of aromatic amines is 1. The van der Waals surface area contributed by atoms with E-state index in [4.69, 9.17) is 0 Å². The van der Waals surface area contributed by atoms with E-state index in [9.17, 15) is 9.00 Å². The molecule has 1 heterocycles. The maximum absolute atomic E-state index is 12.9. The second-order valence-corrected chi connectivity index (χ2v) is 7.30. The fraction of sp³-hybridized carbons (Fsp3) is 0.125. The van der Waals surface area contributed by atoms with Crippen molar-refractivity contribution in [2.45, 2.75) is 11.0 Å². The van der Waals surface area contributed by atoms with Gasteiger partial charge in [0.2, 0.25) is 0 Å². The minimum absolute atomic E-state index is 0.219. The molecule has 6 heteroatoms. The third-order valence-corrected chi connectivity index (χ3v) is 5.77. The van der Waals surface area contributed by atoms with E-state index in [1.807, 2.05) is 60.7 Å². The number of benzene rings is 2. The van der Waals surface area contributed by atoms with Gasteiger partial charge in [-0.25, -0.2) is 5.10 Å². The maximum atomic E-state index is 12.9. The van der Waals surface area contributed by atoms with Crippen LogP contribution in [0.1, 0.15) is 21.4 Å². The third kappa shape index (κ3) is 3.40. The standard InChI is InChI=1S/C16H14N2O2S2/c19-16-18-17-14(21-16)11-22(20)15(12-7-3-1-4-8-12)13-9-5-2-6-10-13/h1-10,15H,11H2,(H,18,19). The van der Waals surface area contributed by atoms with Crippen LogP contribution in [0.2, 0.25) is 0 Å². The van der Waals surface area contributed by atoms with E-state index in [2.05, 4.69) is 10.2 Å². The van der Waals surface area contributed by atoms with Crippen molar-refractivity contribution >= 4 is 22.1 Å². The molecule has 0 spiro atoms. The lowest BCUT2D eigenvalue weighted by atomic mass is 10.0. The molecule has 0 bridgehead atoms. The van der Waals surface area contributed by atoms with Gasteiger partial charge in [0.25, 0.3) is 0 Å². The number of hydrogen-bond donors (Lipinski definition) is 1. The highest BCUT2D eigenvalue weighted by molar-refractivity contribution is 7.84. The summed E-state index contributed by atoms with van der Waals surface area (Å²) in [5, 5.41) is 6.62.